The van der Waals surface area contributed by atoms with E-state index in [4.69, 9.17) is 9.47 Å². The maximum absolute atomic E-state index is 12.5. The Kier molecular flexibility index (Phi) is 5.43. The minimum Gasteiger partial charge on any atom is -0.504 e. The molecule has 1 aliphatic rings. The smallest absolute Gasteiger partial charge is 0.341 e. The lowest BCUT2D eigenvalue weighted by Gasteiger charge is -2.30. The first-order chi connectivity index (χ1) is 11.3. The number of benzene rings is 1. The third kappa shape index (κ3) is 3.84. The van der Waals surface area contributed by atoms with Crippen molar-refractivity contribution in [3.05, 3.63) is 23.8 Å². The fourth-order valence-electron chi connectivity index (χ4n) is 2.60. The van der Waals surface area contributed by atoms with Crippen LogP contribution in [0.25, 0.3) is 0 Å². The van der Waals surface area contributed by atoms with Crippen molar-refractivity contribution in [2.45, 2.75) is 39.8 Å². The van der Waals surface area contributed by atoms with Crippen LogP contribution in [0.3, 0.4) is 0 Å². The van der Waals surface area contributed by atoms with Gasteiger partial charge in [-0.2, -0.15) is 0 Å². The summed E-state index contributed by atoms with van der Waals surface area (Å²) in [5.41, 5.74) is 1.02. The zero-order valence-electron chi connectivity index (χ0n) is 14.2. The molecule has 0 saturated heterocycles. The summed E-state index contributed by atoms with van der Waals surface area (Å²) in [5.74, 6) is -0.902. The molecule has 0 spiro atoms. The van der Waals surface area contributed by atoms with E-state index in [9.17, 15) is 14.7 Å². The van der Waals surface area contributed by atoms with Gasteiger partial charge in [0.1, 0.15) is 5.92 Å². The van der Waals surface area contributed by atoms with Crippen LogP contribution in [0.1, 0.15) is 39.3 Å². The summed E-state index contributed by atoms with van der Waals surface area (Å²) in [7, 11) is 0. The van der Waals surface area contributed by atoms with Crippen molar-refractivity contribution < 1.29 is 24.2 Å². The van der Waals surface area contributed by atoms with E-state index in [0.29, 0.717) is 23.6 Å². The number of carbonyl (C=O) groups excluding carboxylic acids is 2. The highest BCUT2D eigenvalue weighted by Gasteiger charge is 2.38. The van der Waals surface area contributed by atoms with E-state index in [1.54, 1.807) is 39.8 Å². The van der Waals surface area contributed by atoms with Crippen molar-refractivity contribution >= 4 is 17.7 Å². The molecule has 0 aliphatic carbocycles. The van der Waals surface area contributed by atoms with Crippen LogP contribution in [-0.2, 0) is 9.53 Å². The molecule has 2 N–H and O–H groups in total. The molecule has 2 unspecified atom stereocenters. The molecule has 2 atom stereocenters. The van der Waals surface area contributed by atoms with Crippen LogP contribution in [0.15, 0.2) is 23.2 Å². The number of phenolic OH excluding ortho intramolecular Hbond substituents is 1. The summed E-state index contributed by atoms with van der Waals surface area (Å²) in [6.45, 7) is 7.33. The van der Waals surface area contributed by atoms with Gasteiger partial charge in [0, 0.05) is 5.71 Å². The third-order valence-electron chi connectivity index (χ3n) is 3.59. The summed E-state index contributed by atoms with van der Waals surface area (Å²) < 4.78 is 10.7. The molecule has 0 aromatic heterocycles. The van der Waals surface area contributed by atoms with Crippen LogP contribution in [0.5, 0.6) is 11.5 Å². The molecule has 2 rings (SSSR count). The lowest BCUT2D eigenvalue weighted by molar-refractivity contribution is -0.150. The number of urea groups is 1. The Bertz CT molecular complexity index is 669. The average molecular weight is 334 g/mol. The van der Waals surface area contributed by atoms with Crippen LogP contribution >= 0.6 is 0 Å². The molecule has 0 saturated carbocycles. The number of aromatic hydroxyl groups is 1. The molecule has 130 valence electrons. The van der Waals surface area contributed by atoms with Gasteiger partial charge in [0.25, 0.3) is 0 Å². The number of hydrogen-bond acceptors (Lipinski definition) is 5. The molecule has 0 bridgehead atoms. The van der Waals surface area contributed by atoms with Gasteiger partial charge in [0.2, 0.25) is 0 Å². The van der Waals surface area contributed by atoms with Crippen LogP contribution in [-0.4, -0.2) is 35.5 Å². The Morgan fingerprint density at radius 1 is 1.42 bits per heavy atom. The van der Waals surface area contributed by atoms with E-state index in [1.165, 1.54) is 6.07 Å². The van der Waals surface area contributed by atoms with Crippen molar-refractivity contribution in [3.8, 4) is 11.5 Å². The predicted molar refractivity (Wildman–Crippen MR) is 88.4 cm³/mol. The number of hydrogen-bond donors (Lipinski definition) is 2. The number of nitrogens with one attached hydrogen (secondary N) is 1. The summed E-state index contributed by atoms with van der Waals surface area (Å²) >= 11 is 0. The normalized spacial score (nSPS) is 20.4. The lowest BCUT2D eigenvalue weighted by atomic mass is 9.88. The molecule has 0 radical (unpaired) electrons. The second kappa shape index (κ2) is 7.33. The van der Waals surface area contributed by atoms with Crippen molar-refractivity contribution in [3.63, 3.8) is 0 Å². The molecule has 24 heavy (non-hydrogen) atoms. The van der Waals surface area contributed by atoms with Gasteiger partial charge in [-0.05, 0) is 45.4 Å². The number of esters is 1. The van der Waals surface area contributed by atoms with E-state index in [1.807, 2.05) is 0 Å². The second-order valence-corrected chi connectivity index (χ2v) is 5.80. The van der Waals surface area contributed by atoms with Gasteiger partial charge in [-0.3, -0.25) is 4.79 Å². The Morgan fingerprint density at radius 2 is 2.12 bits per heavy atom. The molecular weight excluding hydrogens is 312 g/mol. The zero-order chi connectivity index (χ0) is 17.9. The van der Waals surface area contributed by atoms with Gasteiger partial charge in [0.15, 0.2) is 11.5 Å². The highest BCUT2D eigenvalue weighted by Crippen LogP contribution is 2.34. The quantitative estimate of drug-likeness (QED) is 0.807. The van der Waals surface area contributed by atoms with Crippen LogP contribution in [0.4, 0.5) is 4.79 Å². The number of aliphatic imine (C=N–C) groups is 1. The SMILES string of the molecule is CCOc1cc(C2NC(=O)N=C(C)C2C(=O)OC(C)C)ccc1O. The molecule has 1 aromatic rings. The first-order valence-corrected chi connectivity index (χ1v) is 7.85. The zero-order valence-corrected chi connectivity index (χ0v) is 14.2. The van der Waals surface area contributed by atoms with Gasteiger partial charge < -0.3 is 19.9 Å². The molecule has 0 fully saturated rings. The molecular formula is C17H22N2O5. The summed E-state index contributed by atoms with van der Waals surface area (Å²) in [5, 5.41) is 12.5. The van der Waals surface area contributed by atoms with Crippen molar-refractivity contribution in [2.75, 3.05) is 6.61 Å². The topological polar surface area (TPSA) is 97.2 Å². The molecule has 1 aliphatic heterocycles. The van der Waals surface area contributed by atoms with E-state index in [0.717, 1.165) is 0 Å². The van der Waals surface area contributed by atoms with E-state index in [2.05, 4.69) is 10.3 Å². The lowest BCUT2D eigenvalue weighted by Crippen LogP contribution is -2.44. The molecule has 7 heteroatoms. The Balaban J connectivity index is 2.41. The van der Waals surface area contributed by atoms with Gasteiger partial charge >= 0.3 is 12.0 Å². The van der Waals surface area contributed by atoms with Crippen molar-refractivity contribution in [1.82, 2.24) is 5.32 Å². The fraction of sp³-hybridized carbons (Fsp3) is 0.471. The van der Waals surface area contributed by atoms with E-state index in [-0.39, 0.29) is 11.9 Å². The van der Waals surface area contributed by atoms with Crippen LogP contribution < -0.4 is 10.1 Å². The highest BCUT2D eigenvalue weighted by molar-refractivity contribution is 6.08. The summed E-state index contributed by atoms with van der Waals surface area (Å²) in [4.78, 5) is 28.1. The average Bonchev–Trinajstić information content (AvgIpc) is 2.48. The maximum Gasteiger partial charge on any atom is 0.341 e. The van der Waals surface area contributed by atoms with Crippen molar-refractivity contribution in [1.29, 1.82) is 0 Å². The monoisotopic (exact) mass is 334 g/mol. The number of phenols is 1. The fourth-order valence-corrected chi connectivity index (χ4v) is 2.60. The largest absolute Gasteiger partial charge is 0.504 e. The number of rotatable bonds is 5. The Morgan fingerprint density at radius 3 is 2.75 bits per heavy atom. The number of ether oxygens (including phenoxy) is 2. The first-order valence-electron chi connectivity index (χ1n) is 7.85. The summed E-state index contributed by atoms with van der Waals surface area (Å²) in [6.07, 6.45) is -0.276. The molecule has 1 heterocycles. The van der Waals surface area contributed by atoms with Gasteiger partial charge in [-0.1, -0.05) is 6.07 Å². The highest BCUT2D eigenvalue weighted by atomic mass is 16.5. The van der Waals surface area contributed by atoms with Crippen LogP contribution in [0.2, 0.25) is 0 Å². The first kappa shape index (κ1) is 17.8. The third-order valence-corrected chi connectivity index (χ3v) is 3.59. The van der Waals surface area contributed by atoms with Crippen LogP contribution in [0, 0.1) is 5.92 Å². The van der Waals surface area contributed by atoms with Gasteiger partial charge in [-0.25, -0.2) is 9.79 Å². The van der Waals surface area contributed by atoms with Crippen molar-refractivity contribution in [2.24, 2.45) is 10.9 Å². The summed E-state index contributed by atoms with van der Waals surface area (Å²) in [6, 6.07) is 3.56. The van der Waals surface area contributed by atoms with Gasteiger partial charge in [-0.15, -0.1) is 0 Å². The Hall–Kier alpha value is -2.57. The predicted octanol–water partition coefficient (Wildman–Crippen LogP) is 2.58. The van der Waals surface area contributed by atoms with E-state index < -0.39 is 24.0 Å². The number of nitrogens with zero attached hydrogens (tertiary/aromatic N) is 1. The number of amides is 2. The minimum atomic E-state index is -0.732. The molecule has 1 aromatic carbocycles. The standard InChI is InChI=1S/C17H22N2O5/c1-5-23-13-8-11(6-7-12(13)20)15-14(16(21)24-9(2)3)10(4)18-17(22)19-15/h6-9,14-15,20H,5H2,1-4H3,(H,19,22). The second-order valence-electron chi connectivity index (χ2n) is 5.80. The van der Waals surface area contributed by atoms with Gasteiger partial charge in [0.05, 0.1) is 18.8 Å². The molecule has 7 nitrogen and oxygen atoms in total. The van der Waals surface area contributed by atoms with E-state index >= 15 is 0 Å². The Labute approximate surface area is 140 Å². The molecule has 2 amide bonds. The number of carbonyl (C=O) groups is 2. The minimum absolute atomic E-state index is 0.00516. The maximum atomic E-state index is 12.5.